The van der Waals surface area contributed by atoms with E-state index in [0.29, 0.717) is 0 Å². The quantitative estimate of drug-likeness (QED) is 0.427. The van der Waals surface area contributed by atoms with Crippen LogP contribution in [-0.2, 0) is 5.54 Å². The van der Waals surface area contributed by atoms with Crippen LogP contribution in [0.1, 0.15) is 19.4 Å². The molecule has 27 heavy (non-hydrogen) atoms. The van der Waals surface area contributed by atoms with E-state index in [2.05, 4.69) is 56.8 Å². The van der Waals surface area contributed by atoms with Crippen LogP contribution in [0.5, 0.6) is 0 Å². The van der Waals surface area contributed by atoms with Gasteiger partial charge in [0.15, 0.2) is 0 Å². The smallest absolute Gasteiger partial charge is 0.0657 e. The van der Waals surface area contributed by atoms with Gasteiger partial charge in [-0.05, 0) is 36.6 Å². The topological polar surface area (TPSA) is 83.4 Å². The third-order valence-electron chi connectivity index (χ3n) is 4.35. The van der Waals surface area contributed by atoms with Gasteiger partial charge in [-0.2, -0.15) is 10.2 Å². The number of hydrogen-bond donors (Lipinski definition) is 3. The number of nitrogens with zero attached hydrogens (tertiary/aromatic N) is 2. The molecule has 4 rings (SSSR count). The summed E-state index contributed by atoms with van der Waals surface area (Å²) in [5, 5.41) is 15.3. The number of nitrogens with one attached hydrogen (secondary N) is 2. The van der Waals surface area contributed by atoms with Crippen LogP contribution in [0.2, 0.25) is 0 Å². The number of hydrogen-bond acceptors (Lipinski definition) is 3. The van der Waals surface area contributed by atoms with Crippen LogP contribution >= 0.6 is 37.2 Å². The number of fused-ring (bicyclic) bond motifs is 1. The lowest BCUT2D eigenvalue weighted by atomic mass is 9.90. The second kappa shape index (κ2) is 8.76. The largest absolute Gasteiger partial charge is 0.322 e. The molecular formula is C19H22Cl3N5. The van der Waals surface area contributed by atoms with Crippen LogP contribution in [0.3, 0.4) is 0 Å². The molecule has 0 bridgehead atoms. The maximum absolute atomic E-state index is 6.19. The minimum Gasteiger partial charge on any atom is -0.322 e. The molecule has 0 unspecified atom stereocenters. The molecule has 8 heteroatoms. The molecule has 0 spiro atoms. The maximum Gasteiger partial charge on any atom is 0.0657 e. The van der Waals surface area contributed by atoms with Crippen molar-refractivity contribution in [3.05, 3.63) is 60.6 Å². The number of benzene rings is 2. The molecule has 0 aliphatic heterocycles. The van der Waals surface area contributed by atoms with E-state index in [9.17, 15) is 0 Å². The number of nitrogens with two attached hydrogens (primary N) is 1. The highest BCUT2D eigenvalue weighted by atomic mass is 35.5. The van der Waals surface area contributed by atoms with Crippen molar-refractivity contribution in [1.82, 2.24) is 20.4 Å². The molecule has 2 aromatic heterocycles. The average Bonchev–Trinajstić information content (AvgIpc) is 3.24. The molecule has 2 heterocycles. The lowest BCUT2D eigenvalue weighted by molar-refractivity contribution is 0.554. The van der Waals surface area contributed by atoms with E-state index in [0.717, 1.165) is 38.7 Å². The third-order valence-corrected chi connectivity index (χ3v) is 4.35. The maximum atomic E-state index is 6.19. The minimum absolute atomic E-state index is 0. The summed E-state index contributed by atoms with van der Waals surface area (Å²) in [5.41, 5.74) is 12.4. The highest BCUT2D eigenvalue weighted by Crippen LogP contribution is 2.37. The number of aromatic amines is 2. The third kappa shape index (κ3) is 4.28. The lowest BCUT2D eigenvalue weighted by Crippen LogP contribution is -2.28. The summed E-state index contributed by atoms with van der Waals surface area (Å²) in [5.74, 6) is 0. The average molecular weight is 427 g/mol. The molecular weight excluding hydrogens is 405 g/mol. The molecule has 4 N–H and O–H groups in total. The van der Waals surface area contributed by atoms with Crippen LogP contribution in [0.4, 0.5) is 0 Å². The Morgan fingerprint density at radius 3 is 2.15 bits per heavy atom. The predicted octanol–water partition coefficient (Wildman–Crippen LogP) is 5.08. The monoisotopic (exact) mass is 425 g/mol. The van der Waals surface area contributed by atoms with Crippen molar-refractivity contribution in [1.29, 1.82) is 0 Å². The van der Waals surface area contributed by atoms with Crippen molar-refractivity contribution >= 4 is 48.1 Å². The Labute approximate surface area is 176 Å². The first kappa shape index (κ1) is 23.0. The van der Waals surface area contributed by atoms with Crippen LogP contribution in [0.25, 0.3) is 33.2 Å². The molecule has 0 aliphatic carbocycles. The van der Waals surface area contributed by atoms with Gasteiger partial charge in [-0.15, -0.1) is 37.2 Å². The zero-order chi connectivity index (χ0) is 16.7. The van der Waals surface area contributed by atoms with E-state index in [1.807, 2.05) is 32.4 Å². The van der Waals surface area contributed by atoms with Crippen molar-refractivity contribution in [3.8, 4) is 22.3 Å². The second-order valence-corrected chi connectivity index (χ2v) is 6.61. The fourth-order valence-corrected chi connectivity index (χ4v) is 3.04. The highest BCUT2D eigenvalue weighted by molar-refractivity contribution is 6.02. The number of halogens is 3. The van der Waals surface area contributed by atoms with Crippen molar-refractivity contribution in [2.75, 3.05) is 0 Å². The SMILES string of the molecule is CC(C)(N)c1ccc(-c2ccc3[nH]ncc3c2-c2cn[nH]c2)cc1.Cl.Cl.Cl. The van der Waals surface area contributed by atoms with Crippen LogP contribution in [-0.4, -0.2) is 20.4 Å². The van der Waals surface area contributed by atoms with Crippen molar-refractivity contribution in [3.63, 3.8) is 0 Å². The predicted molar refractivity (Wildman–Crippen MR) is 118 cm³/mol. The van der Waals surface area contributed by atoms with Gasteiger partial charge in [0.05, 0.1) is 17.9 Å². The Kier molecular flexibility index (Phi) is 7.46. The summed E-state index contributed by atoms with van der Waals surface area (Å²) >= 11 is 0. The highest BCUT2D eigenvalue weighted by Gasteiger charge is 2.16. The zero-order valence-electron chi connectivity index (χ0n) is 14.9. The number of rotatable bonds is 3. The van der Waals surface area contributed by atoms with E-state index in [1.54, 1.807) is 0 Å². The molecule has 0 saturated carbocycles. The summed E-state index contributed by atoms with van der Waals surface area (Å²) in [4.78, 5) is 0. The zero-order valence-corrected chi connectivity index (χ0v) is 17.3. The molecule has 144 valence electrons. The van der Waals surface area contributed by atoms with E-state index >= 15 is 0 Å². The first-order valence-electron chi connectivity index (χ1n) is 7.89. The first-order chi connectivity index (χ1) is 11.5. The summed E-state index contributed by atoms with van der Waals surface area (Å²) in [6, 6.07) is 12.6. The summed E-state index contributed by atoms with van der Waals surface area (Å²) in [6.45, 7) is 4.02. The summed E-state index contributed by atoms with van der Waals surface area (Å²) in [6.07, 6.45) is 5.60. The van der Waals surface area contributed by atoms with Crippen molar-refractivity contribution in [2.45, 2.75) is 19.4 Å². The Hall–Kier alpha value is -2.05. The number of aromatic nitrogens is 4. The number of H-pyrrole nitrogens is 2. The van der Waals surface area contributed by atoms with Gasteiger partial charge in [-0.1, -0.05) is 30.3 Å². The molecule has 0 amide bonds. The van der Waals surface area contributed by atoms with Gasteiger partial charge in [0, 0.05) is 28.2 Å². The lowest BCUT2D eigenvalue weighted by Gasteiger charge is -2.19. The van der Waals surface area contributed by atoms with Gasteiger partial charge < -0.3 is 5.73 Å². The van der Waals surface area contributed by atoms with Gasteiger partial charge in [0.25, 0.3) is 0 Å². The first-order valence-corrected chi connectivity index (χ1v) is 7.89. The molecule has 0 atom stereocenters. The fraction of sp³-hybridized carbons (Fsp3) is 0.158. The molecule has 2 aromatic carbocycles. The Bertz CT molecular complexity index is 987. The molecule has 0 fully saturated rings. The molecule has 0 aliphatic rings. The Morgan fingerprint density at radius 1 is 0.852 bits per heavy atom. The van der Waals surface area contributed by atoms with Gasteiger partial charge in [0.2, 0.25) is 0 Å². The van der Waals surface area contributed by atoms with E-state index in [4.69, 9.17) is 5.73 Å². The van der Waals surface area contributed by atoms with Crippen LogP contribution < -0.4 is 5.73 Å². The Morgan fingerprint density at radius 2 is 1.56 bits per heavy atom. The van der Waals surface area contributed by atoms with Crippen LogP contribution in [0, 0.1) is 0 Å². The molecule has 4 aromatic rings. The van der Waals surface area contributed by atoms with Gasteiger partial charge in [0.1, 0.15) is 0 Å². The van der Waals surface area contributed by atoms with Crippen molar-refractivity contribution < 1.29 is 0 Å². The summed E-state index contributed by atoms with van der Waals surface area (Å²) in [7, 11) is 0. The van der Waals surface area contributed by atoms with E-state index in [1.165, 1.54) is 0 Å². The molecule has 0 saturated heterocycles. The van der Waals surface area contributed by atoms with Gasteiger partial charge >= 0.3 is 0 Å². The standard InChI is InChI=1S/C19H19N5.3ClH/c1-19(2,20)14-5-3-12(4-6-14)15-7-8-17-16(11-23-24-17)18(15)13-9-21-22-10-13;;;/h3-11H,20H2,1-2H3,(H,21,22)(H,23,24);3*1H. The van der Waals surface area contributed by atoms with Gasteiger partial charge in [-0.25, -0.2) is 0 Å². The van der Waals surface area contributed by atoms with Crippen LogP contribution in [0.15, 0.2) is 55.0 Å². The van der Waals surface area contributed by atoms with E-state index in [-0.39, 0.29) is 42.8 Å². The molecule has 5 nitrogen and oxygen atoms in total. The fourth-order valence-electron chi connectivity index (χ4n) is 3.04. The molecule has 0 radical (unpaired) electrons. The second-order valence-electron chi connectivity index (χ2n) is 6.61. The van der Waals surface area contributed by atoms with Gasteiger partial charge in [-0.3, -0.25) is 10.2 Å². The Balaban J connectivity index is 0.00000121. The summed E-state index contributed by atoms with van der Waals surface area (Å²) < 4.78 is 0. The minimum atomic E-state index is -0.347. The normalized spacial score (nSPS) is 10.6. The van der Waals surface area contributed by atoms with Crippen molar-refractivity contribution in [2.24, 2.45) is 5.73 Å². The van der Waals surface area contributed by atoms with E-state index < -0.39 is 0 Å².